The first-order chi connectivity index (χ1) is 13.5. The Hall–Kier alpha value is -2.61. The number of aromatic amines is 1. The summed E-state index contributed by atoms with van der Waals surface area (Å²) in [6, 6.07) is 5.71. The lowest BCUT2D eigenvalue weighted by Crippen LogP contribution is -2.43. The number of benzene rings is 1. The van der Waals surface area contributed by atoms with Crippen LogP contribution in [0, 0.1) is 12.8 Å². The van der Waals surface area contributed by atoms with Crippen molar-refractivity contribution in [3.8, 4) is 16.9 Å². The smallest absolute Gasteiger partial charge is 0.419 e. The lowest BCUT2D eigenvalue weighted by molar-refractivity contribution is -0.139. The van der Waals surface area contributed by atoms with Crippen molar-refractivity contribution >= 4 is 11.2 Å². The Bertz CT molecular complexity index is 1010. The van der Waals surface area contributed by atoms with E-state index in [9.17, 15) is 13.2 Å². The molecule has 2 heterocycles. The quantitative estimate of drug-likeness (QED) is 0.597. The summed E-state index contributed by atoms with van der Waals surface area (Å²) in [5.41, 5.74) is 6.68. The molecule has 1 atom stereocenters. The maximum atomic E-state index is 13.7. The summed E-state index contributed by atoms with van der Waals surface area (Å²) in [5.74, 6) is 0.723. The van der Waals surface area contributed by atoms with Gasteiger partial charge in [0.1, 0.15) is 18.2 Å². The molecule has 2 aromatic heterocycles. The highest BCUT2D eigenvalue weighted by Crippen LogP contribution is 2.40. The van der Waals surface area contributed by atoms with E-state index in [0.29, 0.717) is 40.5 Å². The number of aromatic nitrogens is 3. The van der Waals surface area contributed by atoms with E-state index in [4.69, 9.17) is 10.5 Å². The molecule has 1 aromatic carbocycles. The standard InChI is InChI=1S/C21H25F3N4O/c1-12(2)10-20(4,25)11-29-17-6-5-14(9-16(17)21(22,23)24)15-7-8-26-19-18(15)27-13(3)28-19/h5-9,12H,10-11,25H2,1-4H3,(H,26,27,28)/t20-/m0/s1. The summed E-state index contributed by atoms with van der Waals surface area (Å²) < 4.78 is 46.8. The van der Waals surface area contributed by atoms with Gasteiger partial charge in [0.05, 0.1) is 11.1 Å². The zero-order valence-electron chi connectivity index (χ0n) is 16.9. The lowest BCUT2D eigenvalue weighted by atomic mass is 9.93. The van der Waals surface area contributed by atoms with Gasteiger partial charge in [0.25, 0.3) is 0 Å². The Morgan fingerprint density at radius 2 is 1.93 bits per heavy atom. The Morgan fingerprint density at radius 3 is 2.59 bits per heavy atom. The van der Waals surface area contributed by atoms with Gasteiger partial charge in [0.2, 0.25) is 0 Å². The van der Waals surface area contributed by atoms with Crippen molar-refractivity contribution in [2.75, 3.05) is 6.61 Å². The number of H-pyrrole nitrogens is 1. The SMILES string of the molecule is Cc1nc2nccc(-c3ccc(OC[C@@](C)(N)CC(C)C)c(C(F)(F)F)c3)c2[nH]1. The Balaban J connectivity index is 1.98. The van der Waals surface area contributed by atoms with Crippen molar-refractivity contribution < 1.29 is 17.9 Å². The van der Waals surface area contributed by atoms with Crippen LogP contribution in [0.15, 0.2) is 30.5 Å². The van der Waals surface area contributed by atoms with Crippen molar-refractivity contribution in [1.82, 2.24) is 15.0 Å². The molecular formula is C21H25F3N4O. The van der Waals surface area contributed by atoms with Gasteiger partial charge in [-0.1, -0.05) is 19.9 Å². The molecule has 0 saturated carbocycles. The number of alkyl halides is 3. The number of nitrogens with zero attached hydrogens (tertiary/aromatic N) is 2. The molecule has 0 aliphatic heterocycles. The van der Waals surface area contributed by atoms with E-state index in [1.54, 1.807) is 26.0 Å². The molecule has 29 heavy (non-hydrogen) atoms. The summed E-state index contributed by atoms with van der Waals surface area (Å²) >= 11 is 0. The molecule has 3 rings (SSSR count). The molecule has 5 nitrogen and oxygen atoms in total. The topological polar surface area (TPSA) is 76.8 Å². The molecule has 0 aliphatic carbocycles. The van der Waals surface area contributed by atoms with Crippen LogP contribution < -0.4 is 10.5 Å². The zero-order valence-corrected chi connectivity index (χ0v) is 16.9. The number of ether oxygens (including phenoxy) is 1. The van der Waals surface area contributed by atoms with Gasteiger partial charge in [-0.15, -0.1) is 0 Å². The zero-order chi connectivity index (χ0) is 21.4. The second kappa shape index (κ2) is 7.67. The van der Waals surface area contributed by atoms with Crippen molar-refractivity contribution in [3.05, 3.63) is 41.9 Å². The van der Waals surface area contributed by atoms with Crippen LogP contribution in [0.2, 0.25) is 0 Å². The Kier molecular flexibility index (Phi) is 5.58. The molecule has 3 aromatic rings. The van der Waals surface area contributed by atoms with Crippen molar-refractivity contribution in [2.45, 2.75) is 45.8 Å². The second-order valence-corrected chi connectivity index (χ2v) is 8.13. The van der Waals surface area contributed by atoms with Crippen molar-refractivity contribution in [3.63, 3.8) is 0 Å². The maximum absolute atomic E-state index is 13.7. The van der Waals surface area contributed by atoms with E-state index in [2.05, 4.69) is 15.0 Å². The predicted octanol–water partition coefficient (Wildman–Crippen LogP) is 5.09. The van der Waals surface area contributed by atoms with Crippen molar-refractivity contribution in [2.24, 2.45) is 11.7 Å². The first-order valence-corrected chi connectivity index (χ1v) is 9.41. The molecule has 156 valence electrons. The molecule has 0 aliphatic rings. The Labute approximate surface area is 167 Å². The summed E-state index contributed by atoms with van der Waals surface area (Å²) in [6.07, 6.45) is -2.40. The molecule has 0 radical (unpaired) electrons. The minimum absolute atomic E-state index is 0.00709. The highest BCUT2D eigenvalue weighted by atomic mass is 19.4. The number of hydrogen-bond donors (Lipinski definition) is 2. The minimum Gasteiger partial charge on any atom is -0.491 e. The van der Waals surface area contributed by atoms with E-state index in [0.717, 1.165) is 6.07 Å². The number of fused-ring (bicyclic) bond motifs is 1. The number of nitrogens with one attached hydrogen (secondary N) is 1. The number of hydrogen-bond acceptors (Lipinski definition) is 4. The maximum Gasteiger partial charge on any atom is 0.419 e. The van der Waals surface area contributed by atoms with Crippen LogP contribution in [-0.2, 0) is 6.18 Å². The lowest BCUT2D eigenvalue weighted by Gasteiger charge is -2.27. The molecule has 0 saturated heterocycles. The molecule has 8 heteroatoms. The average molecular weight is 406 g/mol. The molecule has 0 fully saturated rings. The number of pyridine rings is 1. The van der Waals surface area contributed by atoms with E-state index >= 15 is 0 Å². The third-order valence-electron chi connectivity index (χ3n) is 4.54. The monoisotopic (exact) mass is 406 g/mol. The fraction of sp³-hybridized carbons (Fsp3) is 0.429. The fourth-order valence-corrected chi connectivity index (χ4v) is 3.55. The van der Waals surface area contributed by atoms with Crippen LogP contribution in [0.4, 0.5) is 13.2 Å². The molecule has 0 spiro atoms. The summed E-state index contributed by atoms with van der Waals surface area (Å²) in [4.78, 5) is 11.5. The number of aryl methyl sites for hydroxylation is 1. The first kappa shape index (κ1) is 21.1. The highest BCUT2D eigenvalue weighted by molar-refractivity contribution is 5.90. The van der Waals surface area contributed by atoms with Gasteiger partial charge in [-0.3, -0.25) is 0 Å². The van der Waals surface area contributed by atoms with E-state index in [-0.39, 0.29) is 12.4 Å². The highest BCUT2D eigenvalue weighted by Gasteiger charge is 2.35. The number of imidazole rings is 1. The van der Waals surface area contributed by atoms with Crippen LogP contribution in [-0.4, -0.2) is 27.1 Å². The average Bonchev–Trinajstić information content (AvgIpc) is 2.98. The van der Waals surface area contributed by atoms with E-state index in [1.807, 2.05) is 13.8 Å². The normalized spacial score (nSPS) is 14.4. The minimum atomic E-state index is -4.57. The van der Waals surface area contributed by atoms with Crippen molar-refractivity contribution in [1.29, 1.82) is 0 Å². The first-order valence-electron chi connectivity index (χ1n) is 9.41. The largest absolute Gasteiger partial charge is 0.491 e. The molecule has 0 bridgehead atoms. The fourth-order valence-electron chi connectivity index (χ4n) is 3.55. The molecular weight excluding hydrogens is 381 g/mol. The number of nitrogens with two attached hydrogens (primary N) is 1. The van der Waals surface area contributed by atoms with Crippen LogP contribution in [0.1, 0.15) is 38.6 Å². The van der Waals surface area contributed by atoms with Gasteiger partial charge >= 0.3 is 6.18 Å². The van der Waals surface area contributed by atoms with E-state index in [1.165, 1.54) is 12.3 Å². The van der Waals surface area contributed by atoms with Gasteiger partial charge in [0.15, 0.2) is 5.65 Å². The summed E-state index contributed by atoms with van der Waals surface area (Å²) in [7, 11) is 0. The van der Waals surface area contributed by atoms with E-state index < -0.39 is 17.3 Å². The van der Waals surface area contributed by atoms with Gasteiger partial charge in [0, 0.05) is 17.3 Å². The summed E-state index contributed by atoms with van der Waals surface area (Å²) in [6.45, 7) is 7.56. The van der Waals surface area contributed by atoms with Crippen LogP contribution in [0.5, 0.6) is 5.75 Å². The van der Waals surface area contributed by atoms with Crippen LogP contribution in [0.3, 0.4) is 0 Å². The summed E-state index contributed by atoms with van der Waals surface area (Å²) in [5, 5.41) is 0. The van der Waals surface area contributed by atoms with Gasteiger partial charge in [-0.25, -0.2) is 9.97 Å². The van der Waals surface area contributed by atoms with Gasteiger partial charge in [-0.2, -0.15) is 13.2 Å². The number of halogens is 3. The van der Waals surface area contributed by atoms with Crippen LogP contribution >= 0.6 is 0 Å². The molecule has 3 N–H and O–H groups in total. The second-order valence-electron chi connectivity index (χ2n) is 8.13. The Morgan fingerprint density at radius 1 is 1.21 bits per heavy atom. The van der Waals surface area contributed by atoms with Gasteiger partial charge < -0.3 is 15.5 Å². The van der Waals surface area contributed by atoms with Gasteiger partial charge in [-0.05, 0) is 49.9 Å². The third-order valence-corrected chi connectivity index (χ3v) is 4.54. The number of rotatable bonds is 6. The molecule has 0 unspecified atom stereocenters. The predicted molar refractivity (Wildman–Crippen MR) is 107 cm³/mol. The molecule has 0 amide bonds. The van der Waals surface area contributed by atoms with Crippen LogP contribution in [0.25, 0.3) is 22.3 Å². The third kappa shape index (κ3) is 4.87.